The summed E-state index contributed by atoms with van der Waals surface area (Å²) in [6, 6.07) is 10.4. The predicted octanol–water partition coefficient (Wildman–Crippen LogP) is 0.928. The van der Waals surface area contributed by atoms with Gasteiger partial charge in [0.25, 0.3) is 0 Å². The Kier molecular flexibility index (Phi) is 3.96. The molecule has 110 valence electrons. The number of aromatic nitrogens is 3. The lowest BCUT2D eigenvalue weighted by atomic mass is 10.2. The van der Waals surface area contributed by atoms with E-state index in [0.29, 0.717) is 24.8 Å². The third kappa shape index (κ3) is 3.46. The summed E-state index contributed by atoms with van der Waals surface area (Å²) in [4.78, 5) is 14.4. The molecule has 1 heterocycles. The highest BCUT2D eigenvalue weighted by molar-refractivity contribution is 5.76. The van der Waals surface area contributed by atoms with Crippen LogP contribution in [0, 0.1) is 0 Å². The molecule has 0 atom stereocenters. The summed E-state index contributed by atoms with van der Waals surface area (Å²) in [6.07, 6.45) is 3.90. The Balaban J connectivity index is 1.67. The van der Waals surface area contributed by atoms with Crippen molar-refractivity contribution in [3.63, 3.8) is 0 Å². The number of carbonyl (C=O) groups is 1. The molecule has 2 N–H and O–H groups in total. The first-order valence-electron chi connectivity index (χ1n) is 7.18. The van der Waals surface area contributed by atoms with Crippen molar-refractivity contribution in [1.82, 2.24) is 19.9 Å². The van der Waals surface area contributed by atoms with Gasteiger partial charge in [0.15, 0.2) is 0 Å². The van der Waals surface area contributed by atoms with Crippen LogP contribution in [0.3, 0.4) is 0 Å². The van der Waals surface area contributed by atoms with Crippen molar-refractivity contribution < 1.29 is 4.79 Å². The van der Waals surface area contributed by atoms with E-state index in [4.69, 9.17) is 5.73 Å². The zero-order chi connectivity index (χ0) is 14.7. The van der Waals surface area contributed by atoms with Crippen LogP contribution in [0.5, 0.6) is 0 Å². The van der Waals surface area contributed by atoms with Crippen molar-refractivity contribution in [2.75, 3.05) is 0 Å². The molecule has 1 aromatic heterocycles. The van der Waals surface area contributed by atoms with Gasteiger partial charge in [0, 0.05) is 19.1 Å². The first-order chi connectivity index (χ1) is 10.3. The summed E-state index contributed by atoms with van der Waals surface area (Å²) >= 11 is 0. The highest BCUT2D eigenvalue weighted by atomic mass is 16.2. The van der Waals surface area contributed by atoms with Crippen LogP contribution in [0.4, 0.5) is 0 Å². The molecule has 1 amide bonds. The van der Waals surface area contributed by atoms with Crippen molar-refractivity contribution in [1.29, 1.82) is 0 Å². The average molecular weight is 285 g/mol. The van der Waals surface area contributed by atoms with Crippen LogP contribution in [0.1, 0.15) is 24.1 Å². The number of benzene rings is 1. The van der Waals surface area contributed by atoms with E-state index in [-0.39, 0.29) is 12.5 Å². The SMILES string of the molecule is NCc1cn(CC(=O)N(Cc2ccccc2)C2CC2)nn1. The first kappa shape index (κ1) is 13.8. The highest BCUT2D eigenvalue weighted by Crippen LogP contribution is 2.28. The fourth-order valence-electron chi connectivity index (χ4n) is 2.33. The van der Waals surface area contributed by atoms with Gasteiger partial charge < -0.3 is 10.6 Å². The smallest absolute Gasteiger partial charge is 0.244 e. The molecule has 0 spiro atoms. The molecular formula is C15H19N5O. The molecule has 1 aliphatic rings. The number of nitrogens with two attached hydrogens (primary N) is 1. The van der Waals surface area contributed by atoms with Gasteiger partial charge in [-0.1, -0.05) is 35.5 Å². The Morgan fingerprint density at radius 3 is 2.71 bits per heavy atom. The van der Waals surface area contributed by atoms with Crippen molar-refractivity contribution in [2.45, 2.75) is 38.5 Å². The lowest BCUT2D eigenvalue weighted by molar-refractivity contribution is -0.133. The maximum absolute atomic E-state index is 12.5. The van der Waals surface area contributed by atoms with Gasteiger partial charge in [-0.15, -0.1) is 5.10 Å². The van der Waals surface area contributed by atoms with E-state index in [0.717, 1.165) is 18.4 Å². The summed E-state index contributed by atoms with van der Waals surface area (Å²) in [5.74, 6) is 0.0785. The molecule has 1 aliphatic carbocycles. The Morgan fingerprint density at radius 2 is 2.10 bits per heavy atom. The molecule has 21 heavy (non-hydrogen) atoms. The van der Waals surface area contributed by atoms with E-state index in [1.807, 2.05) is 35.2 Å². The van der Waals surface area contributed by atoms with Crippen LogP contribution in [0.2, 0.25) is 0 Å². The van der Waals surface area contributed by atoms with Crippen LogP contribution in [0.15, 0.2) is 36.5 Å². The third-order valence-electron chi connectivity index (χ3n) is 3.60. The van der Waals surface area contributed by atoms with Crippen molar-refractivity contribution in [2.24, 2.45) is 5.73 Å². The minimum atomic E-state index is 0.0785. The normalized spacial score (nSPS) is 14.1. The van der Waals surface area contributed by atoms with Crippen LogP contribution < -0.4 is 5.73 Å². The van der Waals surface area contributed by atoms with Gasteiger partial charge in [0.05, 0.1) is 11.9 Å². The van der Waals surface area contributed by atoms with Gasteiger partial charge in [-0.2, -0.15) is 0 Å². The Bertz CT molecular complexity index is 606. The molecular weight excluding hydrogens is 266 g/mol. The number of hydrogen-bond acceptors (Lipinski definition) is 4. The van der Waals surface area contributed by atoms with E-state index in [9.17, 15) is 4.79 Å². The highest BCUT2D eigenvalue weighted by Gasteiger charge is 2.32. The lowest BCUT2D eigenvalue weighted by Gasteiger charge is -2.22. The molecule has 0 aliphatic heterocycles. The quantitative estimate of drug-likeness (QED) is 0.856. The number of hydrogen-bond donors (Lipinski definition) is 1. The summed E-state index contributed by atoms with van der Waals surface area (Å²) in [7, 11) is 0. The van der Waals surface area contributed by atoms with Crippen molar-refractivity contribution in [3.05, 3.63) is 47.8 Å². The van der Waals surface area contributed by atoms with Crippen molar-refractivity contribution in [3.8, 4) is 0 Å². The first-order valence-corrected chi connectivity index (χ1v) is 7.18. The Labute approximate surface area is 123 Å². The molecule has 0 bridgehead atoms. The lowest BCUT2D eigenvalue weighted by Crippen LogP contribution is -2.35. The molecule has 2 aromatic rings. The van der Waals surface area contributed by atoms with E-state index in [1.165, 1.54) is 0 Å². The van der Waals surface area contributed by atoms with E-state index in [1.54, 1.807) is 10.9 Å². The second-order valence-corrected chi connectivity index (χ2v) is 5.35. The summed E-state index contributed by atoms with van der Waals surface area (Å²) < 4.78 is 1.56. The predicted molar refractivity (Wildman–Crippen MR) is 77.9 cm³/mol. The van der Waals surface area contributed by atoms with Gasteiger partial charge >= 0.3 is 0 Å². The van der Waals surface area contributed by atoms with Crippen LogP contribution in [0.25, 0.3) is 0 Å². The van der Waals surface area contributed by atoms with Crippen LogP contribution >= 0.6 is 0 Å². The maximum Gasteiger partial charge on any atom is 0.244 e. The Hall–Kier alpha value is -2.21. The number of nitrogens with zero attached hydrogens (tertiary/aromatic N) is 4. The molecule has 6 nitrogen and oxygen atoms in total. The molecule has 0 unspecified atom stereocenters. The summed E-state index contributed by atoms with van der Waals surface area (Å²) in [6.45, 7) is 1.21. The second-order valence-electron chi connectivity index (χ2n) is 5.35. The van der Waals surface area contributed by atoms with E-state index < -0.39 is 0 Å². The monoisotopic (exact) mass is 285 g/mol. The molecule has 0 saturated heterocycles. The maximum atomic E-state index is 12.5. The summed E-state index contributed by atoms with van der Waals surface area (Å²) in [5.41, 5.74) is 7.35. The zero-order valence-corrected chi connectivity index (χ0v) is 11.9. The van der Waals surface area contributed by atoms with Gasteiger partial charge in [-0.25, -0.2) is 4.68 Å². The second kappa shape index (κ2) is 6.05. The minimum Gasteiger partial charge on any atom is -0.334 e. The Morgan fingerprint density at radius 1 is 1.33 bits per heavy atom. The number of amides is 1. The third-order valence-corrected chi connectivity index (χ3v) is 3.60. The number of carbonyl (C=O) groups excluding carboxylic acids is 1. The standard InChI is InChI=1S/C15H19N5O/c16-8-13-10-19(18-17-13)11-15(21)20(14-6-7-14)9-12-4-2-1-3-5-12/h1-5,10,14H,6-9,11,16H2. The summed E-state index contributed by atoms with van der Waals surface area (Å²) in [5, 5.41) is 7.84. The van der Waals surface area contributed by atoms with Gasteiger partial charge in [0.1, 0.15) is 6.54 Å². The fraction of sp³-hybridized carbons (Fsp3) is 0.400. The van der Waals surface area contributed by atoms with Gasteiger partial charge in [-0.3, -0.25) is 4.79 Å². The molecule has 3 rings (SSSR count). The van der Waals surface area contributed by atoms with E-state index >= 15 is 0 Å². The molecule has 0 radical (unpaired) electrons. The van der Waals surface area contributed by atoms with Crippen LogP contribution in [-0.4, -0.2) is 31.8 Å². The van der Waals surface area contributed by atoms with Crippen LogP contribution in [-0.2, 0) is 24.4 Å². The fourth-order valence-corrected chi connectivity index (χ4v) is 2.33. The molecule has 1 aromatic carbocycles. The molecule has 1 fully saturated rings. The average Bonchev–Trinajstić information content (AvgIpc) is 3.25. The van der Waals surface area contributed by atoms with Gasteiger partial charge in [-0.05, 0) is 18.4 Å². The topological polar surface area (TPSA) is 77.0 Å². The van der Waals surface area contributed by atoms with Gasteiger partial charge in [0.2, 0.25) is 5.91 Å². The minimum absolute atomic E-state index is 0.0785. The molecule has 1 saturated carbocycles. The number of rotatable bonds is 6. The zero-order valence-electron chi connectivity index (χ0n) is 11.9. The molecule has 6 heteroatoms. The van der Waals surface area contributed by atoms with E-state index in [2.05, 4.69) is 10.3 Å². The van der Waals surface area contributed by atoms with Crippen molar-refractivity contribution >= 4 is 5.91 Å². The largest absolute Gasteiger partial charge is 0.334 e.